The smallest absolute Gasteiger partial charge is 0.313 e. The van der Waals surface area contributed by atoms with Crippen LogP contribution in [-0.2, 0) is 9.53 Å². The van der Waals surface area contributed by atoms with Crippen LogP contribution in [0.2, 0.25) is 0 Å². The fourth-order valence-electron chi connectivity index (χ4n) is 4.04. The lowest BCUT2D eigenvalue weighted by Crippen LogP contribution is -2.46. The van der Waals surface area contributed by atoms with E-state index in [1.54, 1.807) is 16.8 Å². The molecule has 2 aliphatic rings. The van der Waals surface area contributed by atoms with E-state index in [4.69, 9.17) is 4.74 Å². The topological polar surface area (TPSA) is 69.0 Å². The van der Waals surface area contributed by atoms with Crippen molar-refractivity contribution in [2.75, 3.05) is 5.32 Å². The third-order valence-corrected chi connectivity index (χ3v) is 5.39. The van der Waals surface area contributed by atoms with Crippen molar-refractivity contribution < 1.29 is 13.9 Å². The number of benzene rings is 1. The molecule has 2 aromatic rings. The molecule has 0 radical (unpaired) electrons. The number of anilines is 1. The summed E-state index contributed by atoms with van der Waals surface area (Å²) in [6, 6.07) is 5.66. The van der Waals surface area contributed by atoms with Crippen molar-refractivity contribution in [2.24, 2.45) is 5.92 Å². The van der Waals surface area contributed by atoms with Crippen LogP contribution >= 0.6 is 0 Å². The number of rotatable bonds is 3. The van der Waals surface area contributed by atoms with Crippen molar-refractivity contribution >= 4 is 11.9 Å². The predicted molar refractivity (Wildman–Crippen MR) is 94.1 cm³/mol. The van der Waals surface area contributed by atoms with Gasteiger partial charge >= 0.3 is 5.97 Å². The van der Waals surface area contributed by atoms with Crippen LogP contribution in [0.4, 0.5) is 10.3 Å². The average Bonchev–Trinajstić information content (AvgIpc) is 3.10. The minimum atomic E-state index is -0.461. The summed E-state index contributed by atoms with van der Waals surface area (Å²) in [6.45, 7) is 1.95. The Morgan fingerprint density at radius 2 is 1.96 bits per heavy atom. The fourth-order valence-corrected chi connectivity index (χ4v) is 4.04. The maximum atomic E-state index is 13.4. The Morgan fingerprint density at radius 3 is 2.69 bits per heavy atom. The first-order chi connectivity index (χ1) is 12.6. The summed E-state index contributed by atoms with van der Waals surface area (Å²) < 4.78 is 20.9. The lowest BCUT2D eigenvalue weighted by atomic mass is 9.86. The summed E-state index contributed by atoms with van der Waals surface area (Å²) in [4.78, 5) is 17.3. The van der Waals surface area contributed by atoms with Gasteiger partial charge in [0.05, 0.1) is 6.04 Å². The van der Waals surface area contributed by atoms with Crippen molar-refractivity contribution in [3.05, 3.63) is 42.0 Å². The molecule has 6 nitrogen and oxygen atoms in total. The van der Waals surface area contributed by atoms with Gasteiger partial charge in [0.15, 0.2) is 0 Å². The van der Waals surface area contributed by atoms with E-state index in [-0.39, 0.29) is 30.0 Å². The molecule has 1 N–H and O–H groups in total. The van der Waals surface area contributed by atoms with Crippen molar-refractivity contribution in [3.8, 4) is 0 Å². The van der Waals surface area contributed by atoms with Crippen LogP contribution in [0.25, 0.3) is 0 Å². The molecule has 0 amide bonds. The van der Waals surface area contributed by atoms with E-state index in [0.717, 1.165) is 31.2 Å². The van der Waals surface area contributed by atoms with Gasteiger partial charge in [0.25, 0.3) is 0 Å². The van der Waals surface area contributed by atoms with E-state index in [0.29, 0.717) is 5.95 Å². The van der Waals surface area contributed by atoms with Crippen LogP contribution in [0.3, 0.4) is 0 Å². The number of aromatic nitrogens is 3. The minimum absolute atomic E-state index is 0.00513. The maximum Gasteiger partial charge on any atom is 0.313 e. The van der Waals surface area contributed by atoms with E-state index in [2.05, 4.69) is 15.4 Å². The summed E-state index contributed by atoms with van der Waals surface area (Å²) in [6.07, 6.45) is 6.72. The Kier molecular flexibility index (Phi) is 4.61. The number of esters is 1. The SMILES string of the molecule is CC1Nc2ncnn2C(c2ccc(F)cc2)C1C(=O)OC1CCCCC1. The van der Waals surface area contributed by atoms with Crippen molar-refractivity contribution in [2.45, 2.75) is 57.2 Å². The van der Waals surface area contributed by atoms with Crippen molar-refractivity contribution in [1.82, 2.24) is 14.8 Å². The Hall–Kier alpha value is -2.44. The first kappa shape index (κ1) is 17.0. The van der Waals surface area contributed by atoms with Gasteiger partial charge in [-0.2, -0.15) is 10.1 Å². The van der Waals surface area contributed by atoms with Gasteiger partial charge in [-0.3, -0.25) is 4.79 Å². The highest BCUT2D eigenvalue weighted by molar-refractivity contribution is 5.76. The summed E-state index contributed by atoms with van der Waals surface area (Å²) >= 11 is 0. The molecule has 1 aliphatic carbocycles. The molecule has 138 valence electrons. The molecule has 26 heavy (non-hydrogen) atoms. The summed E-state index contributed by atoms with van der Waals surface area (Å²) in [5.41, 5.74) is 0.817. The highest BCUT2D eigenvalue weighted by atomic mass is 19.1. The Bertz CT molecular complexity index is 770. The number of halogens is 1. The number of carbonyl (C=O) groups is 1. The summed E-state index contributed by atoms with van der Waals surface area (Å²) in [5, 5.41) is 7.53. The second-order valence-electron chi connectivity index (χ2n) is 7.18. The lowest BCUT2D eigenvalue weighted by molar-refractivity contribution is -0.157. The predicted octanol–water partition coefficient (Wildman–Crippen LogP) is 3.31. The zero-order valence-corrected chi connectivity index (χ0v) is 14.8. The van der Waals surface area contributed by atoms with Gasteiger partial charge in [0.2, 0.25) is 5.95 Å². The van der Waals surface area contributed by atoms with Crippen LogP contribution in [0, 0.1) is 11.7 Å². The van der Waals surface area contributed by atoms with Gasteiger partial charge in [-0.1, -0.05) is 18.6 Å². The number of nitrogens with zero attached hydrogens (tertiary/aromatic N) is 3. The number of hydrogen-bond donors (Lipinski definition) is 1. The van der Waals surface area contributed by atoms with Gasteiger partial charge in [-0.05, 0) is 50.3 Å². The first-order valence-corrected chi connectivity index (χ1v) is 9.25. The fraction of sp³-hybridized carbons (Fsp3) is 0.526. The standard InChI is InChI=1S/C19H23FN4O2/c1-12-16(18(25)26-15-5-3-2-4-6-15)17(13-7-9-14(20)10-8-13)24-19(23-12)21-11-22-24/h7-12,15-17H,2-6H2,1H3,(H,21,22,23). The highest BCUT2D eigenvalue weighted by Crippen LogP contribution is 2.37. The monoisotopic (exact) mass is 358 g/mol. The van der Waals surface area contributed by atoms with Gasteiger partial charge in [0, 0.05) is 6.04 Å². The van der Waals surface area contributed by atoms with Gasteiger partial charge in [-0.25, -0.2) is 9.07 Å². The van der Waals surface area contributed by atoms with E-state index < -0.39 is 5.92 Å². The molecular weight excluding hydrogens is 335 g/mol. The van der Waals surface area contributed by atoms with Crippen LogP contribution in [0.15, 0.2) is 30.6 Å². The molecule has 0 saturated heterocycles. The molecule has 1 aromatic carbocycles. The largest absolute Gasteiger partial charge is 0.462 e. The van der Waals surface area contributed by atoms with E-state index in [1.807, 2.05) is 6.92 Å². The van der Waals surface area contributed by atoms with Gasteiger partial charge in [-0.15, -0.1) is 0 Å². The quantitative estimate of drug-likeness (QED) is 0.853. The minimum Gasteiger partial charge on any atom is -0.462 e. The molecule has 0 spiro atoms. The summed E-state index contributed by atoms with van der Waals surface area (Å²) in [7, 11) is 0. The number of ether oxygens (including phenoxy) is 1. The van der Waals surface area contributed by atoms with Crippen LogP contribution in [-0.4, -0.2) is 32.9 Å². The van der Waals surface area contributed by atoms with E-state index >= 15 is 0 Å². The molecule has 2 heterocycles. The maximum absolute atomic E-state index is 13.4. The molecule has 3 unspecified atom stereocenters. The normalized spacial score (nSPS) is 26.0. The van der Waals surface area contributed by atoms with Crippen molar-refractivity contribution in [3.63, 3.8) is 0 Å². The first-order valence-electron chi connectivity index (χ1n) is 9.25. The third-order valence-electron chi connectivity index (χ3n) is 5.39. The van der Waals surface area contributed by atoms with Crippen LogP contribution in [0.1, 0.15) is 50.6 Å². The molecule has 4 rings (SSSR count). The summed E-state index contributed by atoms with van der Waals surface area (Å²) in [5.74, 6) is -0.395. The van der Waals surface area contributed by atoms with Crippen LogP contribution in [0.5, 0.6) is 0 Å². The lowest BCUT2D eigenvalue weighted by Gasteiger charge is -2.37. The second kappa shape index (κ2) is 7.05. The number of hydrogen-bond acceptors (Lipinski definition) is 5. The zero-order chi connectivity index (χ0) is 18.1. The van der Waals surface area contributed by atoms with Crippen molar-refractivity contribution in [1.29, 1.82) is 0 Å². The molecule has 1 saturated carbocycles. The van der Waals surface area contributed by atoms with Gasteiger partial charge < -0.3 is 10.1 Å². The number of nitrogens with one attached hydrogen (secondary N) is 1. The van der Waals surface area contributed by atoms with Crippen LogP contribution < -0.4 is 5.32 Å². The number of carbonyl (C=O) groups excluding carboxylic acids is 1. The molecule has 7 heteroatoms. The Balaban J connectivity index is 1.66. The van der Waals surface area contributed by atoms with Gasteiger partial charge in [0.1, 0.15) is 24.2 Å². The second-order valence-corrected chi connectivity index (χ2v) is 7.18. The zero-order valence-electron chi connectivity index (χ0n) is 14.8. The molecule has 0 bridgehead atoms. The average molecular weight is 358 g/mol. The Labute approximate surface area is 151 Å². The molecule has 3 atom stereocenters. The third kappa shape index (κ3) is 3.18. The van der Waals surface area contributed by atoms with E-state index in [1.165, 1.54) is 24.9 Å². The molecule has 1 fully saturated rings. The number of fused-ring (bicyclic) bond motifs is 1. The van der Waals surface area contributed by atoms with E-state index in [9.17, 15) is 9.18 Å². The highest BCUT2D eigenvalue weighted by Gasteiger charge is 2.43. The molecule has 1 aromatic heterocycles. The molecule has 1 aliphatic heterocycles. The Morgan fingerprint density at radius 1 is 1.23 bits per heavy atom. The molecular formula is C19H23FN4O2.